The maximum absolute atomic E-state index is 15.1. The van der Waals surface area contributed by atoms with Crippen molar-refractivity contribution in [3.8, 4) is 0 Å². The van der Waals surface area contributed by atoms with Gasteiger partial charge in [-0.2, -0.15) is 0 Å². The number of nitrogens with one attached hydrogen (secondary N) is 4. The average molecular weight is 1190 g/mol. The zero-order chi connectivity index (χ0) is 65.3. The molecule has 0 spiro atoms. The first-order valence-corrected chi connectivity index (χ1v) is 30.0. The molecule has 1 fully saturated rings. The van der Waals surface area contributed by atoms with Crippen molar-refractivity contribution in [2.24, 2.45) is 41.4 Å². The highest BCUT2D eigenvalue weighted by Crippen LogP contribution is 2.25. The van der Waals surface area contributed by atoms with Crippen LogP contribution in [-0.2, 0) is 52.7 Å². The SMILES string of the molecule is CC=CC[C@@H](C)[C@@H](O)[C@H]1C(=O)N[C@@H](C)C(=O)N(C)CC(=O)N(C)[C@@H](CC(C)C)C(=O)N[C@@H](C(C)C)C(=O)N(C)[C@@H](CC(C)C)C(=O)N[C@@H](C)C(=O)N[C@H](C)C(=O)N(C)[C@@H](CC(C)C)C(=O)N(C)[C@@H](CC(C)C)C(=O)N(C)[C@@H](C(C)C)C(=O)N1C. The van der Waals surface area contributed by atoms with E-state index in [1.54, 1.807) is 53.7 Å². The van der Waals surface area contributed by atoms with Crippen molar-refractivity contribution in [1.29, 1.82) is 0 Å². The van der Waals surface area contributed by atoms with Gasteiger partial charge in [0.1, 0.15) is 60.4 Å². The van der Waals surface area contributed by atoms with E-state index in [1.165, 1.54) is 94.6 Å². The molecule has 1 rings (SSSR count). The van der Waals surface area contributed by atoms with Gasteiger partial charge in [0.05, 0.1) is 12.6 Å². The summed E-state index contributed by atoms with van der Waals surface area (Å²) in [5, 5.41) is 22.9. The van der Waals surface area contributed by atoms with Crippen LogP contribution in [-0.4, -0.2) is 227 Å². The Balaban J connectivity index is 4.28. The van der Waals surface area contributed by atoms with Crippen molar-refractivity contribution in [3.05, 3.63) is 12.2 Å². The van der Waals surface area contributed by atoms with Crippen LogP contribution in [0.4, 0.5) is 0 Å². The van der Waals surface area contributed by atoms with Crippen LogP contribution < -0.4 is 21.3 Å². The standard InChI is InChI=1S/C61H109N11O12/c1-25-26-27-39(14)51(74)50-55(78)64-41(16)56(79)66(18)32-47(73)67(19)43(28-33(2)3)54(77)65-48(37(10)11)60(83)68(20)44(29-34(4)5)53(76)62-40(15)52(75)63-42(17)57(80)69(21)45(30-35(6)7)58(81)70(22)46(31-36(8)9)59(82)71(23)49(38(12)13)61(84)72(50)24/h25-26,33-46,48-51,74H,27-32H2,1-24H3,(H,62,76)(H,63,75)(H,64,78)(H,65,77)/t39-,40+,41+,42-,43+,44+,45+,46+,48+,49+,50+,51-/m1/s1. The van der Waals surface area contributed by atoms with Gasteiger partial charge in [0.2, 0.25) is 65.0 Å². The fraction of sp³-hybridized carbons (Fsp3) is 0.787. The quantitative estimate of drug-likeness (QED) is 0.157. The Kier molecular flexibility index (Phi) is 30.8. The third-order valence-electron chi connectivity index (χ3n) is 15.8. The van der Waals surface area contributed by atoms with Gasteiger partial charge in [-0.15, -0.1) is 0 Å². The van der Waals surface area contributed by atoms with Crippen molar-refractivity contribution in [3.63, 3.8) is 0 Å². The third-order valence-corrected chi connectivity index (χ3v) is 15.8. The van der Waals surface area contributed by atoms with Gasteiger partial charge in [-0.1, -0.05) is 102 Å². The van der Waals surface area contributed by atoms with Gasteiger partial charge in [0.15, 0.2) is 0 Å². The maximum atomic E-state index is 15.1. The second-order valence-electron chi connectivity index (χ2n) is 25.9. The molecule has 0 aliphatic carbocycles. The number of aliphatic hydroxyl groups excluding tert-OH is 1. The summed E-state index contributed by atoms with van der Waals surface area (Å²) in [6, 6.07) is -12.4. The molecule has 84 heavy (non-hydrogen) atoms. The predicted octanol–water partition coefficient (Wildman–Crippen LogP) is 2.88. The number of nitrogens with zero attached hydrogens (tertiary/aromatic N) is 7. The van der Waals surface area contributed by atoms with Gasteiger partial charge in [-0.05, 0) is 101 Å². The number of carbonyl (C=O) groups excluding carboxylic acids is 11. The summed E-state index contributed by atoms with van der Waals surface area (Å²) < 4.78 is 0. The second-order valence-corrected chi connectivity index (χ2v) is 25.9. The van der Waals surface area contributed by atoms with Crippen LogP contribution in [0.25, 0.3) is 0 Å². The fourth-order valence-corrected chi connectivity index (χ4v) is 10.5. The number of carbonyl (C=O) groups is 11. The molecule has 5 N–H and O–H groups in total. The number of aliphatic hydroxyl groups is 1. The van der Waals surface area contributed by atoms with Gasteiger partial charge in [0, 0.05) is 49.3 Å². The summed E-state index contributed by atoms with van der Waals surface area (Å²) in [4.78, 5) is 168. The molecule has 0 bridgehead atoms. The lowest BCUT2D eigenvalue weighted by Crippen LogP contribution is -2.63. The Morgan fingerprint density at radius 2 is 0.810 bits per heavy atom. The van der Waals surface area contributed by atoms with Gasteiger partial charge in [-0.3, -0.25) is 52.7 Å². The number of allylic oxidation sites excluding steroid dienone is 2. The molecule has 1 heterocycles. The van der Waals surface area contributed by atoms with Crippen LogP contribution in [0.15, 0.2) is 12.2 Å². The summed E-state index contributed by atoms with van der Waals surface area (Å²) in [5.41, 5.74) is 0. The van der Waals surface area contributed by atoms with E-state index >= 15 is 9.59 Å². The second kappa shape index (κ2) is 34.1. The molecule has 0 aromatic rings. The van der Waals surface area contributed by atoms with E-state index in [9.17, 15) is 48.3 Å². The largest absolute Gasteiger partial charge is 0.390 e. The van der Waals surface area contributed by atoms with Crippen LogP contribution in [0, 0.1) is 41.4 Å². The minimum Gasteiger partial charge on any atom is -0.390 e. The fourth-order valence-electron chi connectivity index (χ4n) is 10.5. The minimum atomic E-state index is -1.61. The van der Waals surface area contributed by atoms with Crippen molar-refractivity contribution in [1.82, 2.24) is 55.6 Å². The third kappa shape index (κ3) is 21.1. The Morgan fingerprint density at radius 3 is 1.26 bits per heavy atom. The molecular weight excluding hydrogens is 1080 g/mol. The van der Waals surface area contributed by atoms with Gasteiger partial charge in [0.25, 0.3) is 0 Å². The smallest absolute Gasteiger partial charge is 0.246 e. The summed E-state index contributed by atoms with van der Waals surface area (Å²) in [6.45, 7) is 29.0. The number of amides is 11. The molecule has 1 aliphatic rings. The topological polar surface area (TPSA) is 279 Å². The molecule has 1 aliphatic heterocycles. The van der Waals surface area contributed by atoms with Crippen molar-refractivity contribution < 1.29 is 57.8 Å². The maximum Gasteiger partial charge on any atom is 0.246 e. The normalized spacial score (nSPS) is 27.1. The summed E-state index contributed by atoms with van der Waals surface area (Å²) >= 11 is 0. The Bertz CT molecular complexity index is 2310. The molecular formula is C61H109N11O12. The van der Waals surface area contributed by atoms with Crippen molar-refractivity contribution in [2.45, 2.75) is 216 Å². The predicted molar refractivity (Wildman–Crippen MR) is 324 cm³/mol. The molecule has 23 heteroatoms. The highest BCUT2D eigenvalue weighted by atomic mass is 16.3. The van der Waals surface area contributed by atoms with E-state index in [0.29, 0.717) is 6.42 Å². The minimum absolute atomic E-state index is 0.129. The molecule has 480 valence electrons. The lowest BCUT2D eigenvalue weighted by molar-refractivity contribution is -0.157. The number of hydrogen-bond donors (Lipinski definition) is 5. The number of hydrogen-bond acceptors (Lipinski definition) is 12. The molecule has 12 atom stereocenters. The lowest BCUT2D eigenvalue weighted by Gasteiger charge is -2.41. The number of rotatable bonds is 14. The lowest BCUT2D eigenvalue weighted by atomic mass is 9.91. The molecule has 0 aromatic carbocycles. The summed E-state index contributed by atoms with van der Waals surface area (Å²) in [7, 11) is 9.87. The van der Waals surface area contributed by atoms with Crippen LogP contribution >= 0.6 is 0 Å². The molecule has 0 radical (unpaired) electrons. The molecule has 11 amide bonds. The Labute approximate surface area is 502 Å². The van der Waals surface area contributed by atoms with Crippen molar-refractivity contribution >= 4 is 65.0 Å². The van der Waals surface area contributed by atoms with Crippen molar-refractivity contribution in [2.75, 3.05) is 55.9 Å². The first-order valence-electron chi connectivity index (χ1n) is 30.0. The molecule has 0 saturated carbocycles. The average Bonchev–Trinajstić information content (AvgIpc) is 2.58. The van der Waals surface area contributed by atoms with Gasteiger partial charge >= 0.3 is 0 Å². The van der Waals surface area contributed by atoms with E-state index in [2.05, 4.69) is 21.3 Å². The first-order chi connectivity index (χ1) is 38.7. The highest BCUT2D eigenvalue weighted by molar-refractivity contribution is 5.99. The molecule has 1 saturated heterocycles. The Morgan fingerprint density at radius 1 is 0.429 bits per heavy atom. The van der Waals surface area contributed by atoms with E-state index < -0.39 is 156 Å². The van der Waals surface area contributed by atoms with E-state index in [4.69, 9.17) is 0 Å². The van der Waals surface area contributed by atoms with Crippen LogP contribution in [0.1, 0.15) is 150 Å². The van der Waals surface area contributed by atoms with Gasteiger partial charge in [-0.25, -0.2) is 0 Å². The van der Waals surface area contributed by atoms with Crippen LogP contribution in [0.5, 0.6) is 0 Å². The van der Waals surface area contributed by atoms with E-state index in [-0.39, 0.29) is 49.4 Å². The summed E-state index contributed by atoms with van der Waals surface area (Å²) in [6.07, 6.45) is 3.00. The molecule has 23 nitrogen and oxygen atoms in total. The van der Waals surface area contributed by atoms with Crippen LogP contribution in [0.3, 0.4) is 0 Å². The number of likely N-dealkylation sites (N-methyl/N-ethyl adjacent to an activating group) is 7. The van der Waals surface area contributed by atoms with E-state index in [0.717, 1.165) is 9.80 Å². The van der Waals surface area contributed by atoms with E-state index in [1.807, 2.05) is 55.4 Å². The Hall–Kier alpha value is -6.13. The zero-order valence-corrected chi connectivity index (χ0v) is 55.4. The monoisotopic (exact) mass is 1190 g/mol. The molecule has 0 unspecified atom stereocenters. The zero-order valence-electron chi connectivity index (χ0n) is 55.4. The first kappa shape index (κ1) is 75.9. The highest BCUT2D eigenvalue weighted by Gasteiger charge is 2.45. The summed E-state index contributed by atoms with van der Waals surface area (Å²) in [5.74, 6) is -9.78. The van der Waals surface area contributed by atoms with Crippen LogP contribution in [0.2, 0.25) is 0 Å². The van der Waals surface area contributed by atoms with Gasteiger partial charge < -0.3 is 60.7 Å². The molecule has 0 aromatic heterocycles.